The van der Waals surface area contributed by atoms with Gasteiger partial charge in [-0.3, -0.25) is 9.10 Å². The predicted octanol–water partition coefficient (Wildman–Crippen LogP) is 4.84. The number of rotatable bonds is 4. The quantitative estimate of drug-likeness (QED) is 0.491. The lowest BCUT2D eigenvalue weighted by molar-refractivity contribution is -0.376. The minimum Gasteiger partial charge on any atom is -0.369 e. The minimum absolute atomic E-state index is 0.00437. The van der Waals surface area contributed by atoms with Crippen molar-refractivity contribution in [2.45, 2.75) is 61.5 Å². The Morgan fingerprint density at radius 1 is 0.929 bits per heavy atom. The number of alkyl halides is 6. The standard InChI is InChI=1S/C18H14F7NO3S.C9H18N2O/c19-13-4-6-14(7-5-13)30(28,29)26-9-1-2-11-10-12(3-8-15(11)26)16(27,17(20,21)22)18(23,24)25;1-8(12)11-6-4-9(5-7-11)10(2)3/h3-8,10,27H,1-2,9H2;9H,4-7H2,1-3H3. The molecule has 0 spiro atoms. The Kier molecular flexibility index (Phi) is 9.89. The van der Waals surface area contributed by atoms with Crippen LogP contribution in [0.15, 0.2) is 47.4 Å². The topological polar surface area (TPSA) is 81.2 Å². The number of aliphatic hydroxyl groups is 1. The van der Waals surface area contributed by atoms with Crippen molar-refractivity contribution >= 4 is 21.6 Å². The van der Waals surface area contributed by atoms with Crippen LogP contribution >= 0.6 is 0 Å². The number of aryl methyl sites for hydroxylation is 1. The number of sulfonamides is 1. The molecule has 234 valence electrons. The van der Waals surface area contributed by atoms with E-state index in [4.69, 9.17) is 0 Å². The first-order chi connectivity index (χ1) is 19.3. The molecule has 2 aliphatic rings. The Balaban J connectivity index is 0.000000337. The maximum absolute atomic E-state index is 13.1. The first kappa shape index (κ1) is 33.6. The van der Waals surface area contributed by atoms with Crippen LogP contribution in [0.3, 0.4) is 0 Å². The largest absolute Gasteiger partial charge is 0.430 e. The van der Waals surface area contributed by atoms with Crippen molar-refractivity contribution in [2.75, 3.05) is 38.0 Å². The lowest BCUT2D eigenvalue weighted by Crippen LogP contribution is -2.54. The van der Waals surface area contributed by atoms with E-state index in [0.29, 0.717) is 18.2 Å². The molecule has 4 rings (SSSR count). The van der Waals surface area contributed by atoms with E-state index in [2.05, 4.69) is 19.0 Å². The normalized spacial score (nSPS) is 17.0. The molecule has 0 aliphatic carbocycles. The summed E-state index contributed by atoms with van der Waals surface area (Å²) in [6.07, 6.45) is -9.74. The number of hydrogen-bond donors (Lipinski definition) is 1. The fourth-order valence-electron chi connectivity index (χ4n) is 4.96. The van der Waals surface area contributed by atoms with Crippen molar-refractivity contribution < 1.29 is 49.1 Å². The lowest BCUT2D eigenvalue weighted by Gasteiger charge is -2.35. The minimum atomic E-state index is -6.05. The second kappa shape index (κ2) is 12.4. The number of fused-ring (bicyclic) bond motifs is 1. The van der Waals surface area contributed by atoms with Crippen LogP contribution in [0.25, 0.3) is 0 Å². The average molecular weight is 628 g/mol. The number of carbonyl (C=O) groups excluding carboxylic acids is 1. The van der Waals surface area contributed by atoms with Crippen LogP contribution in [0.5, 0.6) is 0 Å². The molecule has 0 saturated carbocycles. The number of hydrogen-bond acceptors (Lipinski definition) is 5. The number of amides is 1. The van der Waals surface area contributed by atoms with E-state index in [0.717, 1.165) is 60.6 Å². The molecule has 7 nitrogen and oxygen atoms in total. The first-order valence-electron chi connectivity index (χ1n) is 13.0. The number of carbonyl (C=O) groups is 1. The highest BCUT2D eigenvalue weighted by Gasteiger charge is 2.71. The van der Waals surface area contributed by atoms with Crippen molar-refractivity contribution in [3.05, 3.63) is 59.4 Å². The monoisotopic (exact) mass is 627 g/mol. The smallest absolute Gasteiger partial charge is 0.369 e. The van der Waals surface area contributed by atoms with E-state index in [9.17, 15) is 49.1 Å². The summed E-state index contributed by atoms with van der Waals surface area (Å²) in [5.74, 6) is -0.469. The summed E-state index contributed by atoms with van der Waals surface area (Å²) in [5.41, 5.74) is -6.77. The van der Waals surface area contributed by atoms with E-state index in [1.165, 1.54) is 0 Å². The highest BCUT2D eigenvalue weighted by atomic mass is 32.2. The van der Waals surface area contributed by atoms with Gasteiger partial charge in [-0.2, -0.15) is 26.3 Å². The molecule has 1 fully saturated rings. The molecule has 1 amide bonds. The first-order valence-corrected chi connectivity index (χ1v) is 14.4. The van der Waals surface area contributed by atoms with Crippen LogP contribution in [0.2, 0.25) is 0 Å². The zero-order valence-corrected chi connectivity index (χ0v) is 24.0. The van der Waals surface area contributed by atoms with Gasteiger partial charge < -0.3 is 14.9 Å². The summed E-state index contributed by atoms with van der Waals surface area (Å²) >= 11 is 0. The maximum Gasteiger partial charge on any atom is 0.430 e. The number of piperidine rings is 1. The van der Waals surface area contributed by atoms with E-state index in [1.54, 1.807) is 6.92 Å². The second-order valence-electron chi connectivity index (χ2n) is 10.4. The third-order valence-electron chi connectivity index (χ3n) is 7.44. The van der Waals surface area contributed by atoms with Gasteiger partial charge in [-0.05, 0) is 75.7 Å². The molecule has 0 radical (unpaired) electrons. The Morgan fingerprint density at radius 3 is 1.95 bits per heavy atom. The van der Waals surface area contributed by atoms with Crippen LogP contribution in [0.4, 0.5) is 36.4 Å². The summed E-state index contributed by atoms with van der Waals surface area (Å²) in [6, 6.07) is 6.20. The molecule has 42 heavy (non-hydrogen) atoms. The lowest BCUT2D eigenvalue weighted by atomic mass is 9.89. The molecule has 0 aromatic heterocycles. The SMILES string of the molecule is CC(=O)N1CCC(N(C)C)CC1.O=S(=O)(c1ccc(F)cc1)N1CCCc2cc(C(O)(C(F)(F)F)C(F)(F)F)ccc21. The molecule has 1 N–H and O–H groups in total. The fourth-order valence-corrected chi connectivity index (χ4v) is 6.50. The van der Waals surface area contributed by atoms with E-state index >= 15 is 0 Å². The van der Waals surface area contributed by atoms with Gasteiger partial charge in [0.2, 0.25) is 5.91 Å². The molecule has 2 aliphatic heterocycles. The molecule has 0 unspecified atom stereocenters. The van der Waals surface area contributed by atoms with Crippen LogP contribution in [-0.4, -0.2) is 81.4 Å². The number of likely N-dealkylation sites (tertiary alicyclic amines) is 1. The van der Waals surface area contributed by atoms with E-state index in [-0.39, 0.29) is 41.4 Å². The van der Waals surface area contributed by atoms with Gasteiger partial charge in [0.1, 0.15) is 5.82 Å². The van der Waals surface area contributed by atoms with Gasteiger partial charge in [-0.25, -0.2) is 12.8 Å². The highest BCUT2D eigenvalue weighted by molar-refractivity contribution is 7.92. The molecule has 15 heteroatoms. The van der Waals surface area contributed by atoms with Gasteiger partial charge in [-0.15, -0.1) is 0 Å². The molecule has 2 aromatic rings. The van der Waals surface area contributed by atoms with Gasteiger partial charge in [0.25, 0.3) is 15.6 Å². The third-order valence-corrected chi connectivity index (χ3v) is 9.26. The van der Waals surface area contributed by atoms with Crippen LogP contribution < -0.4 is 4.31 Å². The number of nitrogens with zero attached hydrogens (tertiary/aromatic N) is 3. The summed E-state index contributed by atoms with van der Waals surface area (Å²) in [6.45, 7) is 3.43. The molecule has 1 saturated heterocycles. The Hall–Kier alpha value is -2.91. The fraction of sp³-hybridized carbons (Fsp3) is 0.519. The van der Waals surface area contributed by atoms with Gasteiger partial charge in [0.15, 0.2) is 0 Å². The molecule has 2 aromatic carbocycles. The van der Waals surface area contributed by atoms with Gasteiger partial charge in [0, 0.05) is 38.2 Å². The van der Waals surface area contributed by atoms with Crippen LogP contribution in [0.1, 0.15) is 37.3 Å². The van der Waals surface area contributed by atoms with Gasteiger partial charge >= 0.3 is 12.4 Å². The molecule has 0 bridgehead atoms. The van der Waals surface area contributed by atoms with Crippen LogP contribution in [0, 0.1) is 5.82 Å². The van der Waals surface area contributed by atoms with Gasteiger partial charge in [0.05, 0.1) is 10.6 Å². The average Bonchev–Trinajstić information content (AvgIpc) is 2.91. The Labute approximate surface area is 239 Å². The molecule has 0 atom stereocenters. The van der Waals surface area contributed by atoms with Crippen molar-refractivity contribution in [1.29, 1.82) is 0 Å². The van der Waals surface area contributed by atoms with Crippen LogP contribution in [-0.2, 0) is 26.8 Å². The summed E-state index contributed by atoms with van der Waals surface area (Å²) < 4.78 is 118. The summed E-state index contributed by atoms with van der Waals surface area (Å²) in [5, 5.41) is 9.57. The van der Waals surface area contributed by atoms with Gasteiger partial charge in [-0.1, -0.05) is 12.1 Å². The van der Waals surface area contributed by atoms with Crippen molar-refractivity contribution in [1.82, 2.24) is 9.80 Å². The van der Waals surface area contributed by atoms with E-state index in [1.807, 2.05) is 4.90 Å². The maximum atomic E-state index is 13.1. The Bertz CT molecular complexity index is 1340. The second-order valence-corrected chi connectivity index (χ2v) is 12.2. The predicted molar refractivity (Wildman–Crippen MR) is 141 cm³/mol. The molecule has 2 heterocycles. The highest BCUT2D eigenvalue weighted by Crippen LogP contribution is 2.51. The zero-order chi connectivity index (χ0) is 31.7. The van der Waals surface area contributed by atoms with Crippen molar-refractivity contribution in [3.63, 3.8) is 0 Å². The molecular formula is C27H32F7N3O4S. The third kappa shape index (κ3) is 6.83. The number of halogens is 7. The van der Waals surface area contributed by atoms with Crippen molar-refractivity contribution in [3.8, 4) is 0 Å². The Morgan fingerprint density at radius 2 is 1.48 bits per heavy atom. The molecular weight excluding hydrogens is 595 g/mol. The van der Waals surface area contributed by atoms with E-state index < -0.39 is 39.4 Å². The number of anilines is 1. The van der Waals surface area contributed by atoms with Crippen molar-refractivity contribution in [2.24, 2.45) is 0 Å². The summed E-state index contributed by atoms with van der Waals surface area (Å²) in [4.78, 5) is 14.9. The summed E-state index contributed by atoms with van der Waals surface area (Å²) in [7, 11) is -0.0271. The zero-order valence-electron chi connectivity index (χ0n) is 23.1. The number of benzene rings is 2.